The molecular formula is C24H23BrCl2N2O6. The number of fused-ring (bicyclic) bond motifs is 4. The number of likely N-dealkylation sites (tertiary alicyclic amines) is 2. The summed E-state index contributed by atoms with van der Waals surface area (Å²) in [5.41, 5.74) is 1.12. The number of imide groups is 2. The summed E-state index contributed by atoms with van der Waals surface area (Å²) in [7, 11) is 1.45. The highest BCUT2D eigenvalue weighted by molar-refractivity contribution is 9.09. The van der Waals surface area contributed by atoms with E-state index in [1.807, 2.05) is 6.08 Å². The number of amides is 4. The number of phenols is 1. The van der Waals surface area contributed by atoms with E-state index in [-0.39, 0.29) is 35.2 Å². The summed E-state index contributed by atoms with van der Waals surface area (Å²) in [6, 6.07) is 4.64. The molecule has 1 N–H and O–H groups in total. The second-order valence-corrected chi connectivity index (χ2v) is 11.1. The average molecular weight is 586 g/mol. The van der Waals surface area contributed by atoms with Gasteiger partial charge in [-0.25, -0.2) is 0 Å². The van der Waals surface area contributed by atoms with Gasteiger partial charge in [-0.1, -0.05) is 33.6 Å². The van der Waals surface area contributed by atoms with E-state index in [1.54, 1.807) is 19.1 Å². The minimum Gasteiger partial charge on any atom is -0.504 e. The Balaban J connectivity index is 1.75. The lowest BCUT2D eigenvalue weighted by atomic mass is 9.56. The van der Waals surface area contributed by atoms with E-state index in [0.717, 1.165) is 9.80 Å². The highest BCUT2D eigenvalue weighted by Crippen LogP contribution is 2.65. The van der Waals surface area contributed by atoms with Crippen LogP contribution in [0.15, 0.2) is 29.8 Å². The number of benzene rings is 1. The number of halogens is 3. The first kappa shape index (κ1) is 24.6. The Hall–Kier alpha value is -2.10. The molecule has 2 aliphatic heterocycles. The maximum Gasteiger partial charge on any atom is 0.254 e. The molecule has 0 radical (unpaired) electrons. The zero-order valence-electron chi connectivity index (χ0n) is 19.0. The molecule has 0 aromatic heterocycles. The predicted octanol–water partition coefficient (Wildman–Crippen LogP) is 3.13. The number of carbonyl (C=O) groups is 4. The third kappa shape index (κ3) is 3.04. The number of alkyl halides is 3. The van der Waals surface area contributed by atoms with Crippen molar-refractivity contribution in [3.8, 4) is 11.5 Å². The van der Waals surface area contributed by atoms with Crippen molar-refractivity contribution in [3.63, 3.8) is 0 Å². The summed E-state index contributed by atoms with van der Waals surface area (Å²) < 4.78 is 5.56. The van der Waals surface area contributed by atoms with Crippen molar-refractivity contribution in [1.29, 1.82) is 0 Å². The van der Waals surface area contributed by atoms with Gasteiger partial charge >= 0.3 is 0 Å². The fourth-order valence-electron chi connectivity index (χ4n) is 6.27. The Morgan fingerprint density at radius 3 is 2.51 bits per heavy atom. The minimum atomic E-state index is -1.88. The number of phenolic OH excluding ortho intramolecular Hbond substituents is 1. The lowest BCUT2D eigenvalue weighted by Gasteiger charge is -2.50. The normalized spacial score (nSPS) is 36.2. The van der Waals surface area contributed by atoms with Crippen molar-refractivity contribution >= 4 is 62.8 Å². The second-order valence-electron chi connectivity index (χ2n) is 9.38. The number of nitrogens with zero attached hydrogens (tertiary/aromatic N) is 2. The molecule has 3 fully saturated rings. The van der Waals surface area contributed by atoms with Crippen LogP contribution < -0.4 is 4.74 Å². The molecule has 4 aliphatic rings. The van der Waals surface area contributed by atoms with Crippen molar-refractivity contribution in [3.05, 3.63) is 35.4 Å². The van der Waals surface area contributed by atoms with Gasteiger partial charge in [-0.05, 0) is 43.4 Å². The fourth-order valence-corrected chi connectivity index (χ4v) is 7.69. The Kier molecular flexibility index (Phi) is 5.77. The van der Waals surface area contributed by atoms with Crippen molar-refractivity contribution in [1.82, 2.24) is 9.80 Å². The Morgan fingerprint density at radius 2 is 1.86 bits per heavy atom. The maximum absolute atomic E-state index is 13.7. The first-order valence-corrected chi connectivity index (χ1v) is 13.2. The van der Waals surface area contributed by atoms with E-state index in [2.05, 4.69) is 15.9 Å². The minimum absolute atomic E-state index is 0.0567. The zero-order valence-corrected chi connectivity index (χ0v) is 22.1. The molecular weight excluding hydrogens is 563 g/mol. The Morgan fingerprint density at radius 1 is 1.14 bits per heavy atom. The lowest BCUT2D eigenvalue weighted by Crippen LogP contribution is -2.60. The highest BCUT2D eigenvalue weighted by Gasteiger charge is 2.76. The van der Waals surface area contributed by atoms with Gasteiger partial charge in [0.2, 0.25) is 11.8 Å². The third-order valence-electron chi connectivity index (χ3n) is 7.85. The van der Waals surface area contributed by atoms with Gasteiger partial charge in [-0.2, -0.15) is 0 Å². The van der Waals surface area contributed by atoms with Crippen molar-refractivity contribution in [2.75, 3.05) is 19.1 Å². The Labute approximate surface area is 220 Å². The van der Waals surface area contributed by atoms with Crippen LogP contribution in [0.5, 0.6) is 11.5 Å². The van der Waals surface area contributed by atoms with Crippen LogP contribution >= 0.6 is 39.1 Å². The second kappa shape index (κ2) is 8.21. The number of hydrogen-bond acceptors (Lipinski definition) is 6. The van der Waals surface area contributed by atoms with E-state index < -0.39 is 45.2 Å². The van der Waals surface area contributed by atoms with Crippen LogP contribution in [0, 0.1) is 17.8 Å². The van der Waals surface area contributed by atoms with E-state index in [4.69, 9.17) is 27.9 Å². The summed E-state index contributed by atoms with van der Waals surface area (Å²) in [6.45, 7) is 2.06. The molecule has 1 saturated carbocycles. The first-order valence-electron chi connectivity index (χ1n) is 11.3. The monoisotopic (exact) mass is 584 g/mol. The smallest absolute Gasteiger partial charge is 0.254 e. The van der Waals surface area contributed by atoms with Crippen LogP contribution in [0.1, 0.15) is 31.2 Å². The van der Waals surface area contributed by atoms with Crippen LogP contribution in [0.25, 0.3) is 0 Å². The molecule has 8 nitrogen and oxygen atoms in total. The fraction of sp³-hybridized carbons (Fsp3) is 0.500. The molecule has 0 spiro atoms. The van der Waals surface area contributed by atoms with E-state index >= 15 is 0 Å². The zero-order chi connectivity index (χ0) is 25.4. The van der Waals surface area contributed by atoms with E-state index in [1.165, 1.54) is 13.1 Å². The van der Waals surface area contributed by atoms with Gasteiger partial charge in [0.1, 0.15) is 0 Å². The SMILES string of the molecule is CCOc1cc([C@H]2C3=CC[C@@H]4C(=O)N(C)C(=O)[C@@H]4[C@@H]3C[C@@]3(Cl)C(=O)N(CBr)C(=O)[C@@]23Cl)ccc1O. The molecule has 1 aromatic rings. The third-order valence-corrected chi connectivity index (χ3v) is 9.77. The summed E-state index contributed by atoms with van der Waals surface area (Å²) >= 11 is 17.4. The molecule has 1 aromatic carbocycles. The van der Waals surface area contributed by atoms with E-state index in [0.29, 0.717) is 24.2 Å². The van der Waals surface area contributed by atoms with Crippen molar-refractivity contribution in [2.24, 2.45) is 17.8 Å². The van der Waals surface area contributed by atoms with Crippen LogP contribution in [-0.4, -0.2) is 67.4 Å². The standard InChI is InChI=1S/C24H23BrCl2N2O6/c1-3-35-16-8-11(4-7-15(16)30)18-12-5-6-13-17(20(32)28(2)19(13)31)14(12)9-23(26)21(33)29(10-25)22(34)24(18,23)27/h4-5,7-8,13-14,17-18,30H,3,6,9-10H2,1-2H3/t13-,14+,17-,18-,23+,24-/m0/s1. The molecule has 2 aliphatic carbocycles. The summed E-state index contributed by atoms with van der Waals surface area (Å²) in [4.78, 5) is 51.5. The van der Waals surface area contributed by atoms with Gasteiger partial charge in [0.25, 0.3) is 11.8 Å². The van der Waals surface area contributed by atoms with Crippen molar-refractivity contribution < 1.29 is 29.0 Å². The topological polar surface area (TPSA) is 104 Å². The summed E-state index contributed by atoms with van der Waals surface area (Å²) in [5.74, 6) is -4.48. The molecule has 4 amide bonds. The molecule has 5 rings (SSSR count). The number of allylic oxidation sites excluding steroid dienone is 2. The van der Waals surface area contributed by atoms with Gasteiger partial charge < -0.3 is 9.84 Å². The molecule has 186 valence electrons. The van der Waals surface area contributed by atoms with Crippen LogP contribution in [0.4, 0.5) is 0 Å². The number of aromatic hydroxyl groups is 1. The van der Waals surface area contributed by atoms with Gasteiger partial charge in [-0.3, -0.25) is 29.0 Å². The Bertz CT molecular complexity index is 1210. The van der Waals surface area contributed by atoms with Gasteiger partial charge in [0.05, 0.1) is 23.9 Å². The van der Waals surface area contributed by atoms with Crippen LogP contribution in [0.2, 0.25) is 0 Å². The summed E-state index contributed by atoms with van der Waals surface area (Å²) in [6.07, 6.45) is 2.12. The van der Waals surface area contributed by atoms with E-state index in [9.17, 15) is 24.3 Å². The quantitative estimate of drug-likeness (QED) is 0.252. The number of carbonyl (C=O) groups excluding carboxylic acids is 4. The van der Waals surface area contributed by atoms with Gasteiger partial charge in [0, 0.05) is 13.0 Å². The predicted molar refractivity (Wildman–Crippen MR) is 130 cm³/mol. The molecule has 2 saturated heterocycles. The molecule has 0 unspecified atom stereocenters. The highest BCUT2D eigenvalue weighted by atomic mass is 79.9. The van der Waals surface area contributed by atoms with Gasteiger partial charge in [-0.15, -0.1) is 23.2 Å². The largest absolute Gasteiger partial charge is 0.504 e. The molecule has 35 heavy (non-hydrogen) atoms. The molecule has 2 heterocycles. The number of ether oxygens (including phenoxy) is 1. The van der Waals surface area contributed by atoms with Crippen LogP contribution in [0.3, 0.4) is 0 Å². The summed E-state index contributed by atoms with van der Waals surface area (Å²) in [5, 5.41) is 10.3. The lowest BCUT2D eigenvalue weighted by molar-refractivity contribution is -0.140. The molecule has 11 heteroatoms. The number of rotatable bonds is 4. The van der Waals surface area contributed by atoms with Gasteiger partial charge in [0.15, 0.2) is 21.2 Å². The van der Waals surface area contributed by atoms with Crippen molar-refractivity contribution in [2.45, 2.75) is 35.4 Å². The first-order chi connectivity index (χ1) is 16.5. The average Bonchev–Trinajstić information content (AvgIpc) is 3.14. The number of hydrogen-bond donors (Lipinski definition) is 1. The molecule has 0 bridgehead atoms. The molecule has 6 atom stereocenters. The van der Waals surface area contributed by atoms with Crippen LogP contribution in [-0.2, 0) is 19.2 Å². The maximum atomic E-state index is 13.7.